The number of nitrogens with zero attached hydrogens (tertiary/aromatic N) is 1. The summed E-state index contributed by atoms with van der Waals surface area (Å²) in [5.74, 6) is 1.50. The lowest BCUT2D eigenvalue weighted by atomic mass is 10.1. The summed E-state index contributed by atoms with van der Waals surface area (Å²) in [6.07, 6.45) is 0. The normalized spacial score (nSPS) is 10.6. The molecule has 1 aromatic rings. The van der Waals surface area contributed by atoms with Crippen molar-refractivity contribution in [2.24, 2.45) is 11.7 Å². The van der Waals surface area contributed by atoms with E-state index >= 15 is 0 Å². The van der Waals surface area contributed by atoms with Crippen LogP contribution in [0.1, 0.15) is 19.4 Å². The molecule has 1 rings (SSSR count). The molecule has 0 radical (unpaired) electrons. The molecule has 0 spiro atoms. The Hall–Kier alpha value is -1.22. The monoisotopic (exact) mass is 222 g/mol. The maximum atomic E-state index is 5.74. The first-order valence-electron chi connectivity index (χ1n) is 5.66. The molecular formula is C13H22N2O. The summed E-state index contributed by atoms with van der Waals surface area (Å²) in [5.41, 5.74) is 8.06. The quantitative estimate of drug-likeness (QED) is 0.830. The molecule has 0 saturated heterocycles. The van der Waals surface area contributed by atoms with Crippen molar-refractivity contribution in [1.82, 2.24) is 0 Å². The van der Waals surface area contributed by atoms with Crippen LogP contribution in [-0.2, 0) is 6.54 Å². The summed E-state index contributed by atoms with van der Waals surface area (Å²) in [5, 5.41) is 0. The van der Waals surface area contributed by atoms with E-state index in [2.05, 4.69) is 25.8 Å². The average Bonchev–Trinajstić information content (AvgIpc) is 2.27. The Morgan fingerprint density at radius 3 is 2.56 bits per heavy atom. The fourth-order valence-electron chi connectivity index (χ4n) is 1.84. The summed E-state index contributed by atoms with van der Waals surface area (Å²) in [6.45, 7) is 5.99. The lowest BCUT2D eigenvalue weighted by Gasteiger charge is -2.24. The molecule has 0 aliphatic heterocycles. The van der Waals surface area contributed by atoms with Crippen molar-refractivity contribution in [2.75, 3.05) is 25.6 Å². The van der Waals surface area contributed by atoms with Crippen LogP contribution in [0.25, 0.3) is 0 Å². The second kappa shape index (κ2) is 5.75. The smallest absolute Gasteiger partial charge is 0.120 e. The Labute approximate surface area is 98.2 Å². The van der Waals surface area contributed by atoms with Gasteiger partial charge in [-0.3, -0.25) is 0 Å². The lowest BCUT2D eigenvalue weighted by molar-refractivity contribution is 0.414. The summed E-state index contributed by atoms with van der Waals surface area (Å²) in [7, 11) is 3.78. The maximum absolute atomic E-state index is 5.74. The van der Waals surface area contributed by atoms with Gasteiger partial charge >= 0.3 is 0 Å². The first kappa shape index (κ1) is 12.8. The number of hydrogen-bond donors (Lipinski definition) is 1. The molecule has 0 amide bonds. The van der Waals surface area contributed by atoms with E-state index in [4.69, 9.17) is 10.5 Å². The van der Waals surface area contributed by atoms with Gasteiger partial charge in [0.05, 0.1) is 7.11 Å². The standard InChI is InChI=1S/C13H22N2O/c1-10(2)9-15(3)13-7-12(16-4)6-5-11(13)8-14/h5-7,10H,8-9,14H2,1-4H3. The second-order valence-corrected chi connectivity index (χ2v) is 4.47. The number of benzene rings is 1. The third kappa shape index (κ3) is 3.14. The van der Waals surface area contributed by atoms with Gasteiger partial charge < -0.3 is 15.4 Å². The highest BCUT2D eigenvalue weighted by Crippen LogP contribution is 2.25. The second-order valence-electron chi connectivity index (χ2n) is 4.47. The first-order chi connectivity index (χ1) is 7.58. The summed E-state index contributed by atoms with van der Waals surface area (Å²) < 4.78 is 5.24. The van der Waals surface area contributed by atoms with Crippen molar-refractivity contribution in [1.29, 1.82) is 0 Å². The molecule has 0 atom stereocenters. The van der Waals surface area contributed by atoms with E-state index in [9.17, 15) is 0 Å². The van der Waals surface area contributed by atoms with Crippen molar-refractivity contribution in [2.45, 2.75) is 20.4 Å². The van der Waals surface area contributed by atoms with Gasteiger partial charge in [-0.05, 0) is 17.5 Å². The molecule has 16 heavy (non-hydrogen) atoms. The van der Waals surface area contributed by atoms with Gasteiger partial charge in [0.25, 0.3) is 0 Å². The molecule has 0 aliphatic carbocycles. The molecule has 3 heteroatoms. The first-order valence-corrected chi connectivity index (χ1v) is 5.66. The lowest BCUT2D eigenvalue weighted by Crippen LogP contribution is -2.24. The minimum absolute atomic E-state index is 0.557. The van der Waals surface area contributed by atoms with Crippen molar-refractivity contribution in [3.8, 4) is 5.75 Å². The van der Waals surface area contributed by atoms with Crippen molar-refractivity contribution >= 4 is 5.69 Å². The van der Waals surface area contributed by atoms with Crippen LogP contribution in [-0.4, -0.2) is 20.7 Å². The number of nitrogens with two attached hydrogens (primary N) is 1. The van der Waals surface area contributed by atoms with Gasteiger partial charge in [-0.15, -0.1) is 0 Å². The highest BCUT2D eigenvalue weighted by Gasteiger charge is 2.09. The zero-order valence-corrected chi connectivity index (χ0v) is 10.7. The molecule has 0 saturated carbocycles. The zero-order valence-electron chi connectivity index (χ0n) is 10.7. The van der Waals surface area contributed by atoms with E-state index in [1.54, 1.807) is 7.11 Å². The molecule has 0 bridgehead atoms. The predicted molar refractivity (Wildman–Crippen MR) is 69.0 cm³/mol. The van der Waals surface area contributed by atoms with Crippen LogP contribution in [0.15, 0.2) is 18.2 Å². The van der Waals surface area contributed by atoms with Crippen LogP contribution >= 0.6 is 0 Å². The Bertz CT molecular complexity index is 337. The molecular weight excluding hydrogens is 200 g/mol. The fourth-order valence-corrected chi connectivity index (χ4v) is 1.84. The number of rotatable bonds is 5. The third-order valence-electron chi connectivity index (χ3n) is 2.56. The van der Waals surface area contributed by atoms with E-state index in [1.807, 2.05) is 18.2 Å². The number of ether oxygens (including phenoxy) is 1. The van der Waals surface area contributed by atoms with Gasteiger partial charge in [0.15, 0.2) is 0 Å². The van der Waals surface area contributed by atoms with Crippen molar-refractivity contribution in [3.05, 3.63) is 23.8 Å². The maximum Gasteiger partial charge on any atom is 0.120 e. The van der Waals surface area contributed by atoms with E-state index in [1.165, 1.54) is 0 Å². The molecule has 1 aromatic carbocycles. The van der Waals surface area contributed by atoms with Gasteiger partial charge in [-0.2, -0.15) is 0 Å². The fraction of sp³-hybridized carbons (Fsp3) is 0.538. The van der Waals surface area contributed by atoms with Crippen LogP contribution in [0, 0.1) is 5.92 Å². The molecule has 0 unspecified atom stereocenters. The molecule has 3 nitrogen and oxygen atoms in total. The van der Waals surface area contributed by atoms with Crippen molar-refractivity contribution in [3.63, 3.8) is 0 Å². The summed E-state index contributed by atoms with van der Waals surface area (Å²) in [4.78, 5) is 2.23. The van der Waals surface area contributed by atoms with Crippen LogP contribution in [0.5, 0.6) is 5.75 Å². The third-order valence-corrected chi connectivity index (χ3v) is 2.56. The summed E-state index contributed by atoms with van der Waals surface area (Å²) >= 11 is 0. The predicted octanol–water partition coefficient (Wildman–Crippen LogP) is 2.25. The Kier molecular flexibility index (Phi) is 4.62. The zero-order chi connectivity index (χ0) is 12.1. The molecule has 90 valence electrons. The van der Waals surface area contributed by atoms with Gasteiger partial charge in [-0.1, -0.05) is 19.9 Å². The van der Waals surface area contributed by atoms with Crippen LogP contribution < -0.4 is 15.4 Å². The highest BCUT2D eigenvalue weighted by atomic mass is 16.5. The minimum atomic E-state index is 0.557. The van der Waals surface area contributed by atoms with Crippen LogP contribution in [0.2, 0.25) is 0 Å². The molecule has 2 N–H and O–H groups in total. The number of methoxy groups -OCH3 is 1. The van der Waals surface area contributed by atoms with E-state index < -0.39 is 0 Å². The van der Waals surface area contributed by atoms with Crippen molar-refractivity contribution < 1.29 is 4.74 Å². The summed E-state index contributed by atoms with van der Waals surface area (Å²) in [6, 6.07) is 6.03. The van der Waals surface area contributed by atoms with E-state index in [-0.39, 0.29) is 0 Å². The molecule has 0 aromatic heterocycles. The van der Waals surface area contributed by atoms with Crippen LogP contribution in [0.4, 0.5) is 5.69 Å². The molecule has 0 fully saturated rings. The van der Waals surface area contributed by atoms with Gasteiger partial charge in [0.2, 0.25) is 0 Å². The van der Waals surface area contributed by atoms with Gasteiger partial charge in [-0.25, -0.2) is 0 Å². The molecule has 0 aliphatic rings. The number of hydrogen-bond acceptors (Lipinski definition) is 3. The largest absolute Gasteiger partial charge is 0.497 e. The average molecular weight is 222 g/mol. The van der Waals surface area contributed by atoms with Crippen LogP contribution in [0.3, 0.4) is 0 Å². The van der Waals surface area contributed by atoms with E-state index in [0.717, 1.165) is 23.5 Å². The molecule has 0 heterocycles. The Balaban J connectivity index is 2.98. The number of anilines is 1. The Morgan fingerprint density at radius 2 is 2.06 bits per heavy atom. The Morgan fingerprint density at radius 1 is 1.38 bits per heavy atom. The van der Waals surface area contributed by atoms with Gasteiger partial charge in [0, 0.05) is 31.9 Å². The SMILES string of the molecule is COc1ccc(CN)c(N(C)CC(C)C)c1. The topological polar surface area (TPSA) is 38.5 Å². The minimum Gasteiger partial charge on any atom is -0.497 e. The highest BCUT2D eigenvalue weighted by molar-refractivity contribution is 5.56. The van der Waals surface area contributed by atoms with Gasteiger partial charge in [0.1, 0.15) is 5.75 Å². The van der Waals surface area contributed by atoms with E-state index in [0.29, 0.717) is 12.5 Å².